The van der Waals surface area contributed by atoms with Gasteiger partial charge in [-0.3, -0.25) is 14.5 Å². The lowest BCUT2D eigenvalue weighted by molar-refractivity contribution is -0.124. The van der Waals surface area contributed by atoms with E-state index < -0.39 is 0 Å². The van der Waals surface area contributed by atoms with Crippen LogP contribution in [0.4, 0.5) is 22.7 Å². The van der Waals surface area contributed by atoms with Crippen LogP contribution in [0, 0.1) is 0 Å². The van der Waals surface area contributed by atoms with Gasteiger partial charge in [0.05, 0.1) is 11.4 Å². The third kappa shape index (κ3) is 2.42. The highest BCUT2D eigenvalue weighted by Gasteiger charge is 2.30. The predicted octanol–water partition coefficient (Wildman–Crippen LogP) is 3.15. The van der Waals surface area contributed by atoms with Crippen LogP contribution in [-0.2, 0) is 22.4 Å². The first-order valence-corrected chi connectivity index (χ1v) is 8.26. The van der Waals surface area contributed by atoms with Gasteiger partial charge in [0.2, 0.25) is 11.8 Å². The first-order chi connectivity index (χ1) is 11.6. The van der Waals surface area contributed by atoms with Gasteiger partial charge in [-0.25, -0.2) is 0 Å². The number of hydrogen-bond acceptors (Lipinski definition) is 3. The normalized spacial score (nSPS) is 16.9. The number of nitrogen functional groups attached to an aromatic ring is 1. The minimum atomic E-state index is -0.252. The molecule has 1 aliphatic heterocycles. The van der Waals surface area contributed by atoms with Crippen molar-refractivity contribution in [2.45, 2.75) is 32.1 Å². The second-order valence-corrected chi connectivity index (χ2v) is 6.35. The number of anilines is 4. The first kappa shape index (κ1) is 14.8. The fourth-order valence-corrected chi connectivity index (χ4v) is 3.58. The second-order valence-electron chi connectivity index (χ2n) is 6.35. The van der Waals surface area contributed by atoms with E-state index in [1.807, 2.05) is 18.2 Å². The predicted molar refractivity (Wildman–Crippen MR) is 94.3 cm³/mol. The summed E-state index contributed by atoms with van der Waals surface area (Å²) in [7, 11) is 0. The summed E-state index contributed by atoms with van der Waals surface area (Å²) in [6.45, 7) is 0. The van der Waals surface area contributed by atoms with Gasteiger partial charge in [0.15, 0.2) is 0 Å². The van der Waals surface area contributed by atoms with Gasteiger partial charge in [-0.1, -0.05) is 6.07 Å². The number of nitrogens with one attached hydrogen (secondary N) is 1. The lowest BCUT2D eigenvalue weighted by atomic mass is 9.89. The highest BCUT2D eigenvalue weighted by molar-refractivity contribution is 6.17. The fraction of sp³-hybridized carbons (Fsp3) is 0.263. The van der Waals surface area contributed by atoms with Gasteiger partial charge in [-0.15, -0.1) is 0 Å². The van der Waals surface area contributed by atoms with Crippen molar-refractivity contribution in [1.82, 2.24) is 0 Å². The van der Waals surface area contributed by atoms with Crippen LogP contribution in [-0.4, -0.2) is 11.8 Å². The van der Waals surface area contributed by atoms with Crippen LogP contribution in [0.3, 0.4) is 0 Å². The molecule has 1 aliphatic carbocycles. The summed E-state index contributed by atoms with van der Waals surface area (Å²) in [5.41, 5.74) is 11.1. The lowest BCUT2D eigenvalue weighted by Crippen LogP contribution is -2.26. The molecule has 0 unspecified atom stereocenters. The molecule has 2 aromatic carbocycles. The van der Waals surface area contributed by atoms with Crippen molar-refractivity contribution in [2.75, 3.05) is 16.0 Å². The molecule has 0 radical (unpaired) electrons. The van der Waals surface area contributed by atoms with Gasteiger partial charge in [-0.05, 0) is 67.1 Å². The lowest BCUT2D eigenvalue weighted by Gasteiger charge is -2.26. The van der Waals surface area contributed by atoms with Crippen LogP contribution >= 0.6 is 0 Å². The maximum atomic E-state index is 12.7. The zero-order chi connectivity index (χ0) is 16.7. The number of carbonyl (C=O) groups excluding carboxylic acids is 2. The third-order valence-electron chi connectivity index (χ3n) is 4.73. The van der Waals surface area contributed by atoms with Gasteiger partial charge in [-0.2, -0.15) is 0 Å². The number of hydrogen-bond donors (Lipinski definition) is 2. The van der Waals surface area contributed by atoms with Crippen LogP contribution < -0.4 is 16.0 Å². The molecule has 5 nitrogen and oxygen atoms in total. The van der Waals surface area contributed by atoms with E-state index in [-0.39, 0.29) is 18.2 Å². The van der Waals surface area contributed by atoms with Gasteiger partial charge in [0, 0.05) is 11.4 Å². The van der Waals surface area contributed by atoms with Crippen LogP contribution in [0.1, 0.15) is 30.4 Å². The highest BCUT2D eigenvalue weighted by Crippen LogP contribution is 2.41. The van der Waals surface area contributed by atoms with Crippen molar-refractivity contribution >= 4 is 34.6 Å². The zero-order valence-electron chi connectivity index (χ0n) is 13.3. The van der Waals surface area contributed by atoms with Crippen molar-refractivity contribution in [2.24, 2.45) is 0 Å². The molecule has 0 bridgehead atoms. The van der Waals surface area contributed by atoms with Gasteiger partial charge >= 0.3 is 0 Å². The fourth-order valence-electron chi connectivity index (χ4n) is 3.58. The number of aryl methyl sites for hydroxylation is 1. The van der Waals surface area contributed by atoms with Crippen molar-refractivity contribution in [3.05, 3.63) is 47.5 Å². The Morgan fingerprint density at radius 2 is 1.71 bits per heavy atom. The maximum absolute atomic E-state index is 12.7. The summed E-state index contributed by atoms with van der Waals surface area (Å²) in [5.74, 6) is -0.482. The summed E-state index contributed by atoms with van der Waals surface area (Å²) in [6.07, 6.45) is 4.07. The molecule has 2 aliphatic rings. The van der Waals surface area contributed by atoms with E-state index in [9.17, 15) is 9.59 Å². The topological polar surface area (TPSA) is 75.4 Å². The molecule has 24 heavy (non-hydrogen) atoms. The van der Waals surface area contributed by atoms with E-state index in [0.717, 1.165) is 36.3 Å². The van der Waals surface area contributed by atoms with E-state index in [2.05, 4.69) is 11.4 Å². The monoisotopic (exact) mass is 321 g/mol. The molecule has 122 valence electrons. The Morgan fingerprint density at radius 3 is 2.50 bits per heavy atom. The van der Waals surface area contributed by atoms with Crippen molar-refractivity contribution in [3.63, 3.8) is 0 Å². The van der Waals surface area contributed by atoms with Crippen LogP contribution in [0.15, 0.2) is 36.4 Å². The largest absolute Gasteiger partial charge is 0.399 e. The molecule has 2 amide bonds. The Bertz CT molecular complexity index is 827. The van der Waals surface area contributed by atoms with E-state index in [4.69, 9.17) is 5.73 Å². The van der Waals surface area contributed by atoms with E-state index >= 15 is 0 Å². The Labute approximate surface area is 140 Å². The molecule has 0 fully saturated rings. The smallest absolute Gasteiger partial charge is 0.241 e. The van der Waals surface area contributed by atoms with Gasteiger partial charge in [0.25, 0.3) is 0 Å². The molecule has 0 saturated heterocycles. The average Bonchev–Trinajstić information content (AvgIpc) is 2.71. The number of rotatable bonds is 1. The molecular formula is C19H19N3O2. The third-order valence-corrected chi connectivity index (χ3v) is 4.73. The number of nitrogens with two attached hydrogens (primary N) is 1. The maximum Gasteiger partial charge on any atom is 0.241 e. The Balaban J connectivity index is 1.90. The van der Waals surface area contributed by atoms with E-state index in [1.54, 1.807) is 17.0 Å². The SMILES string of the molecule is Nc1ccc(N2C(=O)CC(=O)Nc3c2ccc2c3CCCC2)cc1. The molecule has 0 atom stereocenters. The first-order valence-electron chi connectivity index (χ1n) is 8.26. The minimum Gasteiger partial charge on any atom is -0.399 e. The summed E-state index contributed by atoms with van der Waals surface area (Å²) in [4.78, 5) is 26.5. The van der Waals surface area contributed by atoms with Crippen LogP contribution in [0.5, 0.6) is 0 Å². The van der Waals surface area contributed by atoms with Crippen LogP contribution in [0.2, 0.25) is 0 Å². The summed E-state index contributed by atoms with van der Waals surface area (Å²) in [5, 5.41) is 2.97. The average molecular weight is 321 g/mol. The van der Waals surface area contributed by atoms with Crippen LogP contribution in [0.25, 0.3) is 0 Å². The van der Waals surface area contributed by atoms with Crippen molar-refractivity contribution in [3.8, 4) is 0 Å². The van der Waals surface area contributed by atoms with E-state index in [1.165, 1.54) is 17.5 Å². The standard InChI is InChI=1S/C19H19N3O2/c20-13-6-8-14(9-7-13)22-16-10-5-12-3-1-2-4-15(12)19(16)21-17(23)11-18(22)24/h5-10H,1-4,11,20H2,(H,21,23). The quantitative estimate of drug-likeness (QED) is 0.626. The Morgan fingerprint density at radius 1 is 0.958 bits per heavy atom. The Kier molecular flexibility index (Phi) is 3.49. The molecule has 0 spiro atoms. The van der Waals surface area contributed by atoms with Gasteiger partial charge < -0.3 is 11.1 Å². The minimum absolute atomic E-state index is 0.159. The molecule has 0 saturated carbocycles. The number of carbonyl (C=O) groups is 2. The summed E-state index contributed by atoms with van der Waals surface area (Å²) in [6, 6.07) is 11.2. The Hall–Kier alpha value is -2.82. The number of fused-ring (bicyclic) bond motifs is 3. The molecule has 5 heteroatoms. The van der Waals surface area contributed by atoms with E-state index in [0.29, 0.717) is 5.69 Å². The summed E-state index contributed by atoms with van der Waals surface area (Å²) >= 11 is 0. The molecule has 2 aromatic rings. The summed E-state index contributed by atoms with van der Waals surface area (Å²) < 4.78 is 0. The number of nitrogens with zero attached hydrogens (tertiary/aromatic N) is 1. The number of benzene rings is 2. The molecule has 1 heterocycles. The molecule has 4 rings (SSSR count). The van der Waals surface area contributed by atoms with Gasteiger partial charge in [0.1, 0.15) is 6.42 Å². The van der Waals surface area contributed by atoms with Crippen molar-refractivity contribution in [1.29, 1.82) is 0 Å². The number of amides is 2. The zero-order valence-corrected chi connectivity index (χ0v) is 13.3. The second kappa shape index (κ2) is 5.67. The van der Waals surface area contributed by atoms with Crippen molar-refractivity contribution < 1.29 is 9.59 Å². The molecule has 3 N–H and O–H groups in total. The molecular weight excluding hydrogens is 302 g/mol. The highest BCUT2D eigenvalue weighted by atomic mass is 16.2. The molecule has 0 aromatic heterocycles.